The summed E-state index contributed by atoms with van der Waals surface area (Å²) in [5.41, 5.74) is -0.235. The van der Waals surface area contributed by atoms with Crippen molar-refractivity contribution in [1.29, 1.82) is 0 Å². The maximum Gasteiger partial charge on any atom is 0.0678 e. The Kier molecular flexibility index (Phi) is 2.64. The molecule has 2 aliphatic rings. The molecule has 0 bridgehead atoms. The van der Waals surface area contributed by atoms with Crippen LogP contribution in [-0.4, -0.2) is 10.7 Å². The summed E-state index contributed by atoms with van der Waals surface area (Å²) in [6.45, 7) is 2.28. The van der Waals surface area contributed by atoms with Gasteiger partial charge >= 0.3 is 0 Å². The molecule has 0 aromatic heterocycles. The van der Waals surface area contributed by atoms with Gasteiger partial charge in [-0.2, -0.15) is 0 Å². The summed E-state index contributed by atoms with van der Waals surface area (Å²) < 4.78 is 0. The summed E-state index contributed by atoms with van der Waals surface area (Å²) in [5.74, 6) is 1.46. The third-order valence-electron chi connectivity index (χ3n) is 4.34. The Hall–Kier alpha value is -0.0400. The molecule has 0 amide bonds. The van der Waals surface area contributed by atoms with Crippen LogP contribution in [0, 0.1) is 11.8 Å². The van der Waals surface area contributed by atoms with Gasteiger partial charge in [-0.3, -0.25) is 0 Å². The van der Waals surface area contributed by atoms with E-state index in [0.717, 1.165) is 18.8 Å². The van der Waals surface area contributed by atoms with E-state index in [-0.39, 0.29) is 5.60 Å². The van der Waals surface area contributed by atoms with Gasteiger partial charge in [-0.15, -0.1) is 0 Å². The molecular weight excluding hydrogens is 160 g/mol. The molecule has 1 nitrogen and oxygen atoms in total. The third kappa shape index (κ3) is 1.63. The molecular formula is C12H22O. The van der Waals surface area contributed by atoms with Crippen LogP contribution in [0.15, 0.2) is 0 Å². The molecule has 2 fully saturated rings. The van der Waals surface area contributed by atoms with E-state index < -0.39 is 0 Å². The van der Waals surface area contributed by atoms with Gasteiger partial charge in [-0.05, 0) is 37.5 Å². The second kappa shape index (κ2) is 3.61. The summed E-state index contributed by atoms with van der Waals surface area (Å²) in [4.78, 5) is 0. The van der Waals surface area contributed by atoms with Gasteiger partial charge in [0, 0.05) is 0 Å². The van der Waals surface area contributed by atoms with Crippen molar-refractivity contribution in [3.63, 3.8) is 0 Å². The highest BCUT2D eigenvalue weighted by Crippen LogP contribution is 2.47. The predicted octanol–water partition coefficient (Wildman–Crippen LogP) is 3.12. The van der Waals surface area contributed by atoms with Gasteiger partial charge in [-0.1, -0.05) is 32.6 Å². The molecule has 13 heavy (non-hydrogen) atoms. The van der Waals surface area contributed by atoms with Crippen LogP contribution in [0.3, 0.4) is 0 Å². The highest BCUT2D eigenvalue weighted by Gasteiger charge is 2.45. The van der Waals surface area contributed by atoms with E-state index in [4.69, 9.17) is 0 Å². The summed E-state index contributed by atoms with van der Waals surface area (Å²) in [7, 11) is 0. The van der Waals surface area contributed by atoms with E-state index in [9.17, 15) is 5.11 Å². The molecule has 1 heteroatoms. The lowest BCUT2D eigenvalue weighted by molar-refractivity contribution is -0.113. The minimum absolute atomic E-state index is 0.235. The fourth-order valence-electron chi connectivity index (χ4n) is 3.31. The van der Waals surface area contributed by atoms with E-state index >= 15 is 0 Å². The lowest BCUT2D eigenvalue weighted by Crippen LogP contribution is -2.48. The zero-order valence-electron chi connectivity index (χ0n) is 8.76. The molecule has 0 aromatic carbocycles. The van der Waals surface area contributed by atoms with E-state index in [2.05, 4.69) is 6.92 Å². The quantitative estimate of drug-likeness (QED) is 0.695. The Morgan fingerprint density at radius 3 is 2.38 bits per heavy atom. The van der Waals surface area contributed by atoms with Gasteiger partial charge in [0.15, 0.2) is 0 Å². The van der Waals surface area contributed by atoms with Crippen molar-refractivity contribution in [3.05, 3.63) is 0 Å². The zero-order chi connectivity index (χ0) is 9.31. The van der Waals surface area contributed by atoms with Gasteiger partial charge < -0.3 is 5.11 Å². The zero-order valence-corrected chi connectivity index (χ0v) is 8.76. The SMILES string of the molecule is CCC1CCCCC1C1(O)CCC1. The van der Waals surface area contributed by atoms with Crippen LogP contribution >= 0.6 is 0 Å². The Morgan fingerprint density at radius 2 is 1.85 bits per heavy atom. The summed E-state index contributed by atoms with van der Waals surface area (Å²) >= 11 is 0. The molecule has 0 radical (unpaired) electrons. The van der Waals surface area contributed by atoms with Crippen molar-refractivity contribution in [3.8, 4) is 0 Å². The molecule has 2 saturated carbocycles. The molecule has 2 unspecified atom stereocenters. The largest absolute Gasteiger partial charge is 0.390 e. The van der Waals surface area contributed by atoms with E-state index in [1.54, 1.807) is 0 Å². The average Bonchev–Trinajstić information content (AvgIpc) is 2.14. The number of hydrogen-bond donors (Lipinski definition) is 1. The standard InChI is InChI=1S/C12H22O/c1-2-10-6-3-4-7-11(10)12(13)8-5-9-12/h10-11,13H,2-9H2,1H3. The third-order valence-corrected chi connectivity index (χ3v) is 4.34. The summed E-state index contributed by atoms with van der Waals surface area (Å²) in [6.07, 6.45) is 10.1. The molecule has 0 aliphatic heterocycles. The fourth-order valence-corrected chi connectivity index (χ4v) is 3.31. The van der Waals surface area contributed by atoms with Crippen molar-refractivity contribution in [1.82, 2.24) is 0 Å². The molecule has 2 aliphatic carbocycles. The summed E-state index contributed by atoms with van der Waals surface area (Å²) in [6, 6.07) is 0. The van der Waals surface area contributed by atoms with Crippen LogP contribution in [0.25, 0.3) is 0 Å². The number of aliphatic hydroxyl groups is 1. The smallest absolute Gasteiger partial charge is 0.0678 e. The topological polar surface area (TPSA) is 20.2 Å². The van der Waals surface area contributed by atoms with Crippen LogP contribution in [-0.2, 0) is 0 Å². The molecule has 0 aromatic rings. The van der Waals surface area contributed by atoms with Crippen molar-refractivity contribution in [2.75, 3.05) is 0 Å². The first-order valence-electron chi connectivity index (χ1n) is 5.98. The maximum absolute atomic E-state index is 10.3. The minimum Gasteiger partial charge on any atom is -0.390 e. The van der Waals surface area contributed by atoms with E-state index in [1.807, 2.05) is 0 Å². The van der Waals surface area contributed by atoms with Crippen LogP contribution in [0.1, 0.15) is 58.3 Å². The van der Waals surface area contributed by atoms with Gasteiger partial charge in [0.1, 0.15) is 0 Å². The van der Waals surface area contributed by atoms with Gasteiger partial charge in [0.25, 0.3) is 0 Å². The first-order valence-corrected chi connectivity index (χ1v) is 5.98. The summed E-state index contributed by atoms with van der Waals surface area (Å²) in [5, 5.41) is 10.3. The highest BCUT2D eigenvalue weighted by atomic mass is 16.3. The van der Waals surface area contributed by atoms with Gasteiger partial charge in [-0.25, -0.2) is 0 Å². The first kappa shape index (κ1) is 9.51. The van der Waals surface area contributed by atoms with Crippen LogP contribution < -0.4 is 0 Å². The monoisotopic (exact) mass is 182 g/mol. The highest BCUT2D eigenvalue weighted by molar-refractivity contribution is 4.97. The number of rotatable bonds is 2. The predicted molar refractivity (Wildman–Crippen MR) is 54.5 cm³/mol. The van der Waals surface area contributed by atoms with Crippen molar-refractivity contribution < 1.29 is 5.11 Å². The molecule has 1 N–H and O–H groups in total. The molecule has 2 atom stereocenters. The lowest BCUT2D eigenvalue weighted by Gasteiger charge is -2.48. The maximum atomic E-state index is 10.3. The van der Waals surface area contributed by atoms with Gasteiger partial charge in [0.05, 0.1) is 5.60 Å². The molecule has 0 heterocycles. The molecule has 0 saturated heterocycles. The fraction of sp³-hybridized carbons (Fsp3) is 1.00. The van der Waals surface area contributed by atoms with E-state index in [1.165, 1.54) is 38.5 Å². The lowest BCUT2D eigenvalue weighted by atomic mass is 9.61. The normalized spacial score (nSPS) is 38.3. The second-order valence-corrected chi connectivity index (χ2v) is 5.02. The van der Waals surface area contributed by atoms with Crippen molar-refractivity contribution >= 4 is 0 Å². The Labute approximate surface area is 81.5 Å². The molecule has 0 spiro atoms. The van der Waals surface area contributed by atoms with Crippen LogP contribution in [0.2, 0.25) is 0 Å². The van der Waals surface area contributed by atoms with Crippen molar-refractivity contribution in [2.45, 2.75) is 63.9 Å². The Balaban J connectivity index is 2.01. The Morgan fingerprint density at radius 1 is 1.15 bits per heavy atom. The second-order valence-electron chi connectivity index (χ2n) is 5.02. The van der Waals surface area contributed by atoms with Crippen molar-refractivity contribution in [2.24, 2.45) is 11.8 Å². The van der Waals surface area contributed by atoms with E-state index in [0.29, 0.717) is 5.92 Å². The van der Waals surface area contributed by atoms with Gasteiger partial charge in [0.2, 0.25) is 0 Å². The Bertz CT molecular complexity index is 172. The average molecular weight is 182 g/mol. The molecule has 2 rings (SSSR count). The van der Waals surface area contributed by atoms with Crippen LogP contribution in [0.5, 0.6) is 0 Å². The van der Waals surface area contributed by atoms with Crippen LogP contribution in [0.4, 0.5) is 0 Å². The molecule has 76 valence electrons. The minimum atomic E-state index is -0.235. The first-order chi connectivity index (χ1) is 6.26. The number of hydrogen-bond acceptors (Lipinski definition) is 1.